The van der Waals surface area contributed by atoms with Crippen LogP contribution in [0.1, 0.15) is 43.7 Å². The minimum absolute atomic E-state index is 0.0117. The molecule has 0 spiro atoms. The standard InChI is InChI=1S/C30H29N3O2S/c1-30(2)16-23-26(24(34)17-30)25(19-11-13-22(36-3)14-12-19)27(28(35)20-8-5-4-6-9-20)29(31)33(23)21-10-7-15-32-18-21/h4-15,18,25,31,35H,16-17H2,1-3H3/t25-/m0/s1. The molecule has 2 aromatic carbocycles. The van der Waals surface area contributed by atoms with Crippen LogP contribution in [-0.4, -0.2) is 28.0 Å². The lowest BCUT2D eigenvalue weighted by molar-refractivity contribution is -0.118. The van der Waals surface area contributed by atoms with Gasteiger partial charge in [0.1, 0.15) is 11.6 Å². The summed E-state index contributed by atoms with van der Waals surface area (Å²) in [5, 5.41) is 21.1. The van der Waals surface area contributed by atoms with E-state index in [0.717, 1.165) is 16.2 Å². The van der Waals surface area contributed by atoms with Gasteiger partial charge in [-0.15, -0.1) is 11.8 Å². The topological polar surface area (TPSA) is 77.3 Å². The second-order valence-electron chi connectivity index (χ2n) is 10.0. The lowest BCUT2D eigenvalue weighted by atomic mass is 9.67. The fraction of sp³-hybridized carbons (Fsp3) is 0.233. The number of pyridine rings is 1. The van der Waals surface area contributed by atoms with Crippen LogP contribution in [0, 0.1) is 10.8 Å². The number of nitrogens with one attached hydrogen (secondary N) is 1. The van der Waals surface area contributed by atoms with Gasteiger partial charge in [-0.1, -0.05) is 56.3 Å². The molecule has 2 N–H and O–H groups in total. The van der Waals surface area contributed by atoms with Crippen LogP contribution < -0.4 is 4.90 Å². The summed E-state index contributed by atoms with van der Waals surface area (Å²) < 4.78 is 0. The molecule has 0 fully saturated rings. The number of carbonyl (C=O) groups excluding carboxylic acids is 1. The van der Waals surface area contributed by atoms with Crippen LogP contribution in [0.2, 0.25) is 0 Å². The Bertz CT molecular complexity index is 1380. The number of hydrogen-bond acceptors (Lipinski definition) is 5. The van der Waals surface area contributed by atoms with E-state index in [9.17, 15) is 15.3 Å². The Kier molecular flexibility index (Phi) is 6.31. The normalized spacial score (nSPS) is 20.9. The number of aromatic nitrogens is 1. The molecule has 5 rings (SSSR count). The Morgan fingerprint density at radius 2 is 1.78 bits per heavy atom. The average Bonchev–Trinajstić information content (AvgIpc) is 2.88. The van der Waals surface area contributed by atoms with Crippen molar-refractivity contribution in [2.45, 2.75) is 37.5 Å². The number of thioether (sulfide) groups is 1. The molecule has 5 nitrogen and oxygen atoms in total. The zero-order valence-electron chi connectivity index (χ0n) is 20.7. The van der Waals surface area contributed by atoms with E-state index in [1.807, 2.05) is 77.9 Å². The predicted octanol–water partition coefficient (Wildman–Crippen LogP) is 7.00. The highest BCUT2D eigenvalue weighted by molar-refractivity contribution is 7.98. The maximum Gasteiger partial charge on any atom is 0.162 e. The van der Waals surface area contributed by atoms with Gasteiger partial charge in [0.05, 0.1) is 11.9 Å². The second-order valence-corrected chi connectivity index (χ2v) is 10.9. The second kappa shape index (κ2) is 9.43. The molecule has 3 aromatic rings. The monoisotopic (exact) mass is 495 g/mol. The van der Waals surface area contributed by atoms with E-state index in [0.29, 0.717) is 35.2 Å². The maximum absolute atomic E-state index is 13.9. The van der Waals surface area contributed by atoms with Crippen molar-refractivity contribution in [1.82, 2.24) is 4.98 Å². The predicted molar refractivity (Wildman–Crippen MR) is 146 cm³/mol. The van der Waals surface area contributed by atoms with Crippen LogP contribution in [0.3, 0.4) is 0 Å². The number of benzene rings is 2. The summed E-state index contributed by atoms with van der Waals surface area (Å²) in [6.45, 7) is 4.18. The third-order valence-electron chi connectivity index (χ3n) is 6.88. The van der Waals surface area contributed by atoms with E-state index in [4.69, 9.17) is 0 Å². The minimum atomic E-state index is -0.542. The number of nitrogens with zero attached hydrogens (tertiary/aromatic N) is 2. The van der Waals surface area contributed by atoms with Crippen molar-refractivity contribution in [3.63, 3.8) is 0 Å². The molecule has 1 aromatic heterocycles. The highest BCUT2D eigenvalue weighted by atomic mass is 32.2. The van der Waals surface area contributed by atoms with Crippen molar-refractivity contribution in [3.05, 3.63) is 107 Å². The van der Waals surface area contributed by atoms with Gasteiger partial charge in [-0.25, -0.2) is 0 Å². The lowest BCUT2D eigenvalue weighted by Crippen LogP contribution is -2.45. The summed E-state index contributed by atoms with van der Waals surface area (Å²) in [6, 6.07) is 21.1. The van der Waals surface area contributed by atoms with E-state index in [-0.39, 0.29) is 22.8 Å². The number of amidine groups is 1. The van der Waals surface area contributed by atoms with Crippen LogP contribution in [0.25, 0.3) is 5.76 Å². The van der Waals surface area contributed by atoms with Crippen LogP contribution >= 0.6 is 11.8 Å². The molecule has 0 radical (unpaired) electrons. The first-order chi connectivity index (χ1) is 17.3. The molecule has 0 saturated heterocycles. The summed E-state index contributed by atoms with van der Waals surface area (Å²) in [6.07, 6.45) is 6.48. The van der Waals surface area contributed by atoms with Gasteiger partial charge in [0.25, 0.3) is 0 Å². The van der Waals surface area contributed by atoms with E-state index in [2.05, 4.69) is 18.8 Å². The van der Waals surface area contributed by atoms with Gasteiger partial charge in [0.15, 0.2) is 5.78 Å². The molecular formula is C30H29N3O2S. The van der Waals surface area contributed by atoms with Crippen LogP contribution in [0.15, 0.2) is 101 Å². The Balaban J connectivity index is 1.84. The first kappa shape index (κ1) is 24.1. The van der Waals surface area contributed by atoms with Crippen LogP contribution in [-0.2, 0) is 4.79 Å². The van der Waals surface area contributed by atoms with Crippen molar-refractivity contribution in [3.8, 4) is 0 Å². The first-order valence-electron chi connectivity index (χ1n) is 12.0. The molecule has 2 heterocycles. The Morgan fingerprint density at radius 3 is 2.42 bits per heavy atom. The third-order valence-corrected chi connectivity index (χ3v) is 7.62. The number of hydrogen-bond donors (Lipinski definition) is 2. The van der Waals surface area contributed by atoms with Gasteiger partial charge in [0.2, 0.25) is 0 Å². The summed E-state index contributed by atoms with van der Waals surface area (Å²) in [4.78, 5) is 21.1. The number of rotatable bonds is 4. The van der Waals surface area contributed by atoms with Crippen molar-refractivity contribution in [2.24, 2.45) is 5.41 Å². The van der Waals surface area contributed by atoms with E-state index in [1.165, 1.54) is 0 Å². The van der Waals surface area contributed by atoms with E-state index < -0.39 is 5.92 Å². The summed E-state index contributed by atoms with van der Waals surface area (Å²) in [5.74, 6) is -0.315. The Morgan fingerprint density at radius 1 is 1.06 bits per heavy atom. The number of ketones is 1. The number of aliphatic hydroxyl groups is 1. The van der Waals surface area contributed by atoms with Crippen molar-refractivity contribution >= 4 is 34.8 Å². The number of Topliss-reactive ketones (excluding diaryl/α,β-unsaturated/α-hetero) is 1. The van der Waals surface area contributed by atoms with E-state index >= 15 is 0 Å². The van der Waals surface area contributed by atoms with Gasteiger partial charge in [-0.3, -0.25) is 20.1 Å². The number of carbonyl (C=O) groups is 1. The Hall–Kier alpha value is -3.64. The van der Waals surface area contributed by atoms with Gasteiger partial charge >= 0.3 is 0 Å². The van der Waals surface area contributed by atoms with Gasteiger partial charge in [-0.2, -0.15) is 0 Å². The molecule has 1 aliphatic carbocycles. The fourth-order valence-corrected chi connectivity index (χ4v) is 5.67. The van der Waals surface area contributed by atoms with Crippen LogP contribution in [0.5, 0.6) is 0 Å². The number of anilines is 1. The highest BCUT2D eigenvalue weighted by Gasteiger charge is 2.46. The fourth-order valence-electron chi connectivity index (χ4n) is 5.27. The van der Waals surface area contributed by atoms with Crippen molar-refractivity contribution < 1.29 is 9.90 Å². The summed E-state index contributed by atoms with van der Waals surface area (Å²) in [5.41, 5.74) is 3.86. The smallest absolute Gasteiger partial charge is 0.162 e. The van der Waals surface area contributed by atoms with Crippen molar-refractivity contribution in [1.29, 1.82) is 5.41 Å². The molecule has 1 atom stereocenters. The zero-order valence-corrected chi connectivity index (χ0v) is 21.5. The SMILES string of the molecule is CSc1ccc([C@@H]2C(=C(O)c3ccccc3)C(=N)N(c3cccnc3)C3=C2C(=O)CC(C)(C)C3)cc1. The molecule has 2 aliphatic rings. The maximum atomic E-state index is 13.9. The third kappa shape index (κ3) is 4.26. The largest absolute Gasteiger partial charge is 0.507 e. The summed E-state index contributed by atoms with van der Waals surface area (Å²) >= 11 is 1.65. The first-order valence-corrected chi connectivity index (χ1v) is 13.2. The number of aliphatic hydroxyl groups excluding tert-OH is 1. The van der Waals surface area contributed by atoms with Gasteiger partial charge < -0.3 is 5.11 Å². The van der Waals surface area contributed by atoms with Crippen molar-refractivity contribution in [2.75, 3.05) is 11.2 Å². The molecule has 0 bridgehead atoms. The van der Waals surface area contributed by atoms with E-state index in [1.54, 1.807) is 24.2 Å². The van der Waals surface area contributed by atoms with Gasteiger partial charge in [-0.05, 0) is 47.9 Å². The molecule has 1 aliphatic heterocycles. The highest BCUT2D eigenvalue weighted by Crippen LogP contribution is 2.51. The Labute approximate surface area is 216 Å². The number of allylic oxidation sites excluding steroid dienone is 2. The van der Waals surface area contributed by atoms with Crippen LogP contribution in [0.4, 0.5) is 5.69 Å². The molecule has 36 heavy (non-hydrogen) atoms. The molecule has 0 amide bonds. The molecule has 6 heteroatoms. The summed E-state index contributed by atoms with van der Waals surface area (Å²) in [7, 11) is 0. The minimum Gasteiger partial charge on any atom is -0.507 e. The molecule has 0 saturated carbocycles. The molecule has 0 unspecified atom stereocenters. The molecule has 182 valence electrons. The van der Waals surface area contributed by atoms with Gasteiger partial charge in [0, 0.05) is 45.8 Å². The molecular weight excluding hydrogens is 466 g/mol. The lowest BCUT2D eigenvalue weighted by Gasteiger charge is -2.45. The average molecular weight is 496 g/mol. The quantitative estimate of drug-likeness (QED) is 0.301. The zero-order chi connectivity index (χ0) is 25.4.